The number of rotatable bonds is 4. The highest BCUT2D eigenvalue weighted by atomic mass is 35.5. The van der Waals surface area contributed by atoms with Crippen LogP contribution in [0.4, 0.5) is 5.69 Å². The van der Waals surface area contributed by atoms with Gasteiger partial charge >= 0.3 is 0 Å². The molecule has 1 aromatic carbocycles. The van der Waals surface area contributed by atoms with Crippen molar-refractivity contribution in [1.29, 1.82) is 0 Å². The average Bonchev–Trinajstić information content (AvgIpc) is 2.17. The largest absolute Gasteiger partial charge is 0.372 e. The molecule has 0 saturated heterocycles. The van der Waals surface area contributed by atoms with Crippen molar-refractivity contribution < 1.29 is 0 Å². The van der Waals surface area contributed by atoms with Crippen molar-refractivity contribution in [3.8, 4) is 0 Å². The molecule has 0 spiro atoms. The predicted molar refractivity (Wildman–Crippen MR) is 74.1 cm³/mol. The van der Waals surface area contributed by atoms with E-state index in [9.17, 15) is 0 Å². The summed E-state index contributed by atoms with van der Waals surface area (Å²) in [7, 11) is 0. The summed E-state index contributed by atoms with van der Waals surface area (Å²) in [6.07, 6.45) is 0. The van der Waals surface area contributed by atoms with Crippen molar-refractivity contribution in [2.24, 2.45) is 0 Å². The molecule has 1 nitrogen and oxygen atoms in total. The summed E-state index contributed by atoms with van der Waals surface area (Å²) in [5.74, 6) is 0.353. The van der Waals surface area contributed by atoms with Gasteiger partial charge in [0.05, 0.1) is 0 Å². The van der Waals surface area contributed by atoms with E-state index < -0.39 is 0 Å². The SMILES string of the molecule is CCN(CC)c1cc(Cl)c(C(C)C)c(Cl)c1. The molecule has 0 atom stereocenters. The Bertz CT molecular complexity index is 334. The number of anilines is 1. The fraction of sp³-hybridized carbons (Fsp3) is 0.538. The molecule has 0 heterocycles. The Morgan fingerprint density at radius 1 is 1.06 bits per heavy atom. The molecule has 16 heavy (non-hydrogen) atoms. The fourth-order valence-electron chi connectivity index (χ4n) is 1.89. The van der Waals surface area contributed by atoms with Gasteiger partial charge in [-0.2, -0.15) is 0 Å². The Hall–Kier alpha value is -0.400. The van der Waals surface area contributed by atoms with Crippen LogP contribution in [0.2, 0.25) is 10.0 Å². The first-order valence-corrected chi connectivity index (χ1v) is 6.50. The second-order valence-corrected chi connectivity index (χ2v) is 4.96. The number of hydrogen-bond donors (Lipinski definition) is 0. The second-order valence-electron chi connectivity index (χ2n) is 4.15. The Balaban J connectivity index is 3.18. The number of nitrogens with zero attached hydrogens (tertiary/aromatic N) is 1. The van der Waals surface area contributed by atoms with Crippen molar-refractivity contribution in [3.63, 3.8) is 0 Å². The quantitative estimate of drug-likeness (QED) is 0.739. The van der Waals surface area contributed by atoms with E-state index in [2.05, 4.69) is 32.6 Å². The summed E-state index contributed by atoms with van der Waals surface area (Å²) in [6, 6.07) is 4.02. The van der Waals surface area contributed by atoms with E-state index in [0.29, 0.717) is 5.92 Å². The van der Waals surface area contributed by atoms with Gasteiger partial charge in [-0.3, -0.25) is 0 Å². The Labute approximate surface area is 108 Å². The topological polar surface area (TPSA) is 3.24 Å². The van der Waals surface area contributed by atoms with Gasteiger partial charge in [0.15, 0.2) is 0 Å². The third-order valence-corrected chi connectivity index (χ3v) is 3.40. The maximum Gasteiger partial charge on any atom is 0.0476 e. The molecule has 0 aromatic heterocycles. The minimum Gasteiger partial charge on any atom is -0.372 e. The summed E-state index contributed by atoms with van der Waals surface area (Å²) in [4.78, 5) is 2.24. The van der Waals surface area contributed by atoms with Gasteiger partial charge in [0.2, 0.25) is 0 Å². The molecule has 1 aromatic rings. The first-order valence-electron chi connectivity index (χ1n) is 5.75. The van der Waals surface area contributed by atoms with Crippen molar-refractivity contribution in [1.82, 2.24) is 0 Å². The summed E-state index contributed by atoms with van der Waals surface area (Å²) >= 11 is 12.6. The van der Waals surface area contributed by atoms with E-state index >= 15 is 0 Å². The van der Waals surface area contributed by atoms with Crippen molar-refractivity contribution in [3.05, 3.63) is 27.7 Å². The van der Waals surface area contributed by atoms with E-state index in [4.69, 9.17) is 23.2 Å². The zero-order valence-electron chi connectivity index (χ0n) is 10.3. The molecule has 0 N–H and O–H groups in total. The third-order valence-electron chi connectivity index (χ3n) is 2.77. The van der Waals surface area contributed by atoms with Crippen LogP contribution in [0.25, 0.3) is 0 Å². The molecule has 0 unspecified atom stereocenters. The van der Waals surface area contributed by atoms with E-state index in [0.717, 1.165) is 34.4 Å². The van der Waals surface area contributed by atoms with Gasteiger partial charge < -0.3 is 4.90 Å². The minimum atomic E-state index is 0.353. The van der Waals surface area contributed by atoms with Gasteiger partial charge in [-0.1, -0.05) is 37.0 Å². The van der Waals surface area contributed by atoms with Gasteiger partial charge in [-0.05, 0) is 37.5 Å². The lowest BCUT2D eigenvalue weighted by molar-refractivity contribution is 0.852. The highest BCUT2D eigenvalue weighted by Gasteiger charge is 2.13. The van der Waals surface area contributed by atoms with Crippen LogP contribution in [0.3, 0.4) is 0 Å². The van der Waals surface area contributed by atoms with Crippen LogP contribution in [-0.4, -0.2) is 13.1 Å². The number of halogens is 2. The molecule has 0 fully saturated rings. The van der Waals surface area contributed by atoms with Crippen LogP contribution in [0.5, 0.6) is 0 Å². The van der Waals surface area contributed by atoms with E-state index in [1.165, 1.54) is 0 Å². The lowest BCUT2D eigenvalue weighted by Gasteiger charge is -2.23. The van der Waals surface area contributed by atoms with Crippen molar-refractivity contribution in [2.45, 2.75) is 33.6 Å². The molecule has 1 rings (SSSR count). The summed E-state index contributed by atoms with van der Waals surface area (Å²) in [5, 5.41) is 1.54. The first kappa shape index (κ1) is 13.7. The zero-order valence-corrected chi connectivity index (χ0v) is 11.9. The van der Waals surface area contributed by atoms with Gasteiger partial charge in [0.1, 0.15) is 0 Å². The minimum absolute atomic E-state index is 0.353. The molecule has 0 aliphatic carbocycles. The Kier molecular flexibility index (Phi) is 4.94. The lowest BCUT2D eigenvalue weighted by atomic mass is 10.0. The van der Waals surface area contributed by atoms with Gasteiger partial charge in [-0.25, -0.2) is 0 Å². The van der Waals surface area contributed by atoms with Crippen molar-refractivity contribution >= 4 is 28.9 Å². The van der Waals surface area contributed by atoms with E-state index in [1.807, 2.05) is 12.1 Å². The molecular weight excluding hydrogens is 241 g/mol. The molecule has 0 aliphatic rings. The maximum absolute atomic E-state index is 6.28. The van der Waals surface area contributed by atoms with Crippen LogP contribution in [0, 0.1) is 0 Å². The van der Waals surface area contributed by atoms with Crippen LogP contribution in [0.1, 0.15) is 39.2 Å². The molecular formula is C13H19Cl2N. The molecule has 0 aliphatic heterocycles. The van der Waals surface area contributed by atoms with Crippen LogP contribution in [-0.2, 0) is 0 Å². The first-order chi connectivity index (χ1) is 7.51. The molecule has 0 radical (unpaired) electrons. The highest BCUT2D eigenvalue weighted by Crippen LogP contribution is 2.35. The summed E-state index contributed by atoms with van der Waals surface area (Å²) in [6.45, 7) is 10.4. The fourth-order valence-corrected chi connectivity index (χ4v) is 2.81. The molecule has 0 bridgehead atoms. The zero-order chi connectivity index (χ0) is 12.3. The second kappa shape index (κ2) is 5.79. The summed E-state index contributed by atoms with van der Waals surface area (Å²) < 4.78 is 0. The molecule has 0 saturated carbocycles. The van der Waals surface area contributed by atoms with Crippen molar-refractivity contribution in [2.75, 3.05) is 18.0 Å². The number of hydrogen-bond acceptors (Lipinski definition) is 1. The number of benzene rings is 1. The molecule has 3 heteroatoms. The summed E-state index contributed by atoms with van der Waals surface area (Å²) in [5.41, 5.74) is 2.14. The van der Waals surface area contributed by atoms with Crippen LogP contribution in [0.15, 0.2) is 12.1 Å². The van der Waals surface area contributed by atoms with Crippen LogP contribution >= 0.6 is 23.2 Å². The van der Waals surface area contributed by atoms with Crippen LogP contribution < -0.4 is 4.90 Å². The van der Waals surface area contributed by atoms with Gasteiger partial charge in [0, 0.05) is 28.8 Å². The monoisotopic (exact) mass is 259 g/mol. The standard InChI is InChI=1S/C13H19Cl2N/c1-5-16(6-2)10-7-11(14)13(9(3)4)12(15)8-10/h7-9H,5-6H2,1-4H3. The Morgan fingerprint density at radius 3 is 1.81 bits per heavy atom. The third kappa shape index (κ3) is 2.83. The van der Waals surface area contributed by atoms with E-state index in [1.54, 1.807) is 0 Å². The normalized spacial score (nSPS) is 10.9. The maximum atomic E-state index is 6.28. The lowest BCUT2D eigenvalue weighted by Crippen LogP contribution is -2.21. The molecule has 0 amide bonds. The average molecular weight is 260 g/mol. The van der Waals surface area contributed by atoms with E-state index in [-0.39, 0.29) is 0 Å². The Morgan fingerprint density at radius 2 is 1.50 bits per heavy atom. The highest BCUT2D eigenvalue weighted by molar-refractivity contribution is 6.36. The molecule has 90 valence electrons. The van der Waals surface area contributed by atoms with Gasteiger partial charge in [-0.15, -0.1) is 0 Å². The predicted octanol–water partition coefficient (Wildman–Crippen LogP) is 4.96. The van der Waals surface area contributed by atoms with Gasteiger partial charge in [0.25, 0.3) is 0 Å². The smallest absolute Gasteiger partial charge is 0.0476 e.